The van der Waals surface area contributed by atoms with Gasteiger partial charge in [-0.25, -0.2) is 0 Å². The molecule has 2 aromatic carbocycles. The smallest absolute Gasteiger partial charge is 0.174 e. The summed E-state index contributed by atoms with van der Waals surface area (Å²) < 4.78 is 12.6. The van der Waals surface area contributed by atoms with Crippen molar-refractivity contribution in [2.45, 2.75) is 56.7 Å². The molecule has 33 heavy (non-hydrogen) atoms. The van der Waals surface area contributed by atoms with Crippen molar-refractivity contribution in [3.63, 3.8) is 0 Å². The third-order valence-electron chi connectivity index (χ3n) is 5.84. The molecule has 1 fully saturated rings. The van der Waals surface area contributed by atoms with Gasteiger partial charge in [0.25, 0.3) is 0 Å². The highest BCUT2D eigenvalue weighted by molar-refractivity contribution is 8.77. The molecule has 2 aromatic rings. The molecule has 0 aromatic heterocycles. The second-order valence-corrected chi connectivity index (χ2v) is 13.2. The monoisotopic (exact) mass is 503 g/mol. The molecular weight excluding hydrogens is 469 g/mol. The van der Waals surface area contributed by atoms with Gasteiger partial charge in [0, 0.05) is 11.4 Å². The number of benzene rings is 2. The zero-order chi connectivity index (χ0) is 23.8. The minimum atomic E-state index is -1.34. The fraction of sp³-hybridized carbons (Fsp3) is 0.500. The molecule has 1 aliphatic heterocycles. The van der Waals surface area contributed by atoms with Crippen molar-refractivity contribution in [1.29, 1.82) is 5.26 Å². The Labute approximate surface area is 207 Å². The molecule has 1 aliphatic rings. The largest absolute Gasteiger partial charge is 0.389 e. The average molecular weight is 504 g/mol. The van der Waals surface area contributed by atoms with Crippen LogP contribution in [0.2, 0.25) is 0 Å². The number of hydrogen-bond acceptors (Lipinski definition) is 6. The van der Waals surface area contributed by atoms with Gasteiger partial charge >= 0.3 is 0 Å². The molecule has 0 spiro atoms. The van der Waals surface area contributed by atoms with E-state index in [0.717, 1.165) is 11.1 Å². The lowest BCUT2D eigenvalue weighted by Crippen LogP contribution is -2.50. The Morgan fingerprint density at radius 3 is 2.06 bits per heavy atom. The first kappa shape index (κ1) is 26.5. The highest BCUT2D eigenvalue weighted by Gasteiger charge is 2.52. The van der Waals surface area contributed by atoms with E-state index in [1.807, 2.05) is 36.4 Å². The van der Waals surface area contributed by atoms with E-state index in [9.17, 15) is 5.11 Å². The third-order valence-corrected chi connectivity index (χ3v) is 11.5. The topological polar surface area (TPSA) is 62.5 Å². The van der Waals surface area contributed by atoms with E-state index < -0.39 is 25.3 Å². The maximum Gasteiger partial charge on any atom is 0.174 e. The van der Waals surface area contributed by atoms with Crippen LogP contribution in [0, 0.1) is 23.2 Å². The Morgan fingerprint density at radius 1 is 1.03 bits per heavy atom. The Kier molecular flexibility index (Phi) is 10.1. The van der Waals surface area contributed by atoms with Crippen molar-refractivity contribution in [2.24, 2.45) is 11.8 Å². The van der Waals surface area contributed by atoms with Crippen molar-refractivity contribution in [3.05, 3.63) is 71.8 Å². The maximum atomic E-state index is 11.3. The first-order chi connectivity index (χ1) is 15.9. The van der Waals surface area contributed by atoms with Crippen LogP contribution in [0.25, 0.3) is 0 Å². The van der Waals surface area contributed by atoms with Crippen molar-refractivity contribution in [2.75, 3.05) is 12.4 Å². The van der Waals surface area contributed by atoms with Gasteiger partial charge < -0.3 is 14.2 Å². The lowest BCUT2D eigenvalue weighted by atomic mass is 9.83. The van der Waals surface area contributed by atoms with Crippen LogP contribution in [0.15, 0.2) is 60.7 Å². The molecule has 0 amide bonds. The van der Waals surface area contributed by atoms with Crippen LogP contribution >= 0.6 is 30.0 Å². The van der Waals surface area contributed by atoms with Crippen LogP contribution in [-0.2, 0) is 13.8 Å². The van der Waals surface area contributed by atoms with Gasteiger partial charge in [-0.15, -0.1) is 0 Å². The summed E-state index contributed by atoms with van der Waals surface area (Å²) in [5.41, 5.74) is 2.40. The zero-order valence-electron chi connectivity index (χ0n) is 19.8. The average Bonchev–Trinajstić information content (AvgIpc) is 2.81. The second kappa shape index (κ2) is 12.6. The maximum absolute atomic E-state index is 11.3. The SMILES string of the molecule is CC(C)C(C(C)C)P(OCCC#N)OC1C(O)CSSC1(c1ccccc1)c1ccccc1. The van der Waals surface area contributed by atoms with Gasteiger partial charge in [-0.3, -0.25) is 0 Å². The number of hydrogen-bond donors (Lipinski definition) is 1. The van der Waals surface area contributed by atoms with Crippen molar-refractivity contribution in [3.8, 4) is 6.07 Å². The van der Waals surface area contributed by atoms with Gasteiger partial charge in [0.2, 0.25) is 0 Å². The molecule has 3 atom stereocenters. The summed E-state index contributed by atoms with van der Waals surface area (Å²) in [6.07, 6.45) is -0.811. The molecule has 0 aliphatic carbocycles. The highest BCUT2D eigenvalue weighted by atomic mass is 33.1. The molecule has 3 rings (SSSR count). The predicted octanol–water partition coefficient (Wildman–Crippen LogP) is 6.99. The minimum absolute atomic E-state index is 0.190. The van der Waals surface area contributed by atoms with Gasteiger partial charge in [0.1, 0.15) is 10.9 Å². The summed E-state index contributed by atoms with van der Waals surface area (Å²) in [6, 6.07) is 22.9. The summed E-state index contributed by atoms with van der Waals surface area (Å²) >= 11 is 0. The summed E-state index contributed by atoms with van der Waals surface area (Å²) in [5.74, 6) is 1.29. The molecule has 1 N–H and O–H groups in total. The third kappa shape index (κ3) is 6.14. The predicted molar refractivity (Wildman–Crippen MR) is 141 cm³/mol. The molecule has 1 saturated heterocycles. The van der Waals surface area contributed by atoms with E-state index in [1.54, 1.807) is 21.6 Å². The molecule has 3 unspecified atom stereocenters. The summed E-state index contributed by atoms with van der Waals surface area (Å²) in [5, 5.41) is 20.4. The van der Waals surface area contributed by atoms with Crippen molar-refractivity contribution in [1.82, 2.24) is 0 Å². The van der Waals surface area contributed by atoms with Crippen LogP contribution in [0.3, 0.4) is 0 Å². The molecule has 0 saturated carbocycles. The van der Waals surface area contributed by atoms with Crippen molar-refractivity contribution < 1.29 is 14.2 Å². The molecule has 4 nitrogen and oxygen atoms in total. The summed E-state index contributed by atoms with van der Waals surface area (Å²) in [7, 11) is 2.11. The van der Waals surface area contributed by atoms with Crippen LogP contribution in [0.4, 0.5) is 0 Å². The van der Waals surface area contributed by atoms with E-state index in [4.69, 9.17) is 14.3 Å². The highest BCUT2D eigenvalue weighted by Crippen LogP contribution is 2.61. The number of nitriles is 1. The molecule has 178 valence electrons. The fourth-order valence-electron chi connectivity index (χ4n) is 4.45. The van der Waals surface area contributed by atoms with Gasteiger partial charge in [-0.1, -0.05) is 110 Å². The normalized spacial score (nSPS) is 21.3. The lowest BCUT2D eigenvalue weighted by Gasteiger charge is -2.47. The zero-order valence-corrected chi connectivity index (χ0v) is 22.3. The molecule has 0 bridgehead atoms. The first-order valence-electron chi connectivity index (χ1n) is 11.5. The number of nitrogens with zero attached hydrogens (tertiary/aromatic N) is 1. The van der Waals surface area contributed by atoms with E-state index in [2.05, 4.69) is 58.0 Å². The van der Waals surface area contributed by atoms with Crippen LogP contribution in [0.1, 0.15) is 45.2 Å². The molecule has 7 heteroatoms. The summed E-state index contributed by atoms with van der Waals surface area (Å²) in [6.45, 7) is 9.12. The Bertz CT molecular complexity index is 844. The van der Waals surface area contributed by atoms with Gasteiger partial charge in [0.05, 0.1) is 25.2 Å². The van der Waals surface area contributed by atoms with Gasteiger partial charge in [-0.05, 0) is 23.0 Å². The van der Waals surface area contributed by atoms with E-state index in [-0.39, 0.29) is 5.66 Å². The molecule has 1 heterocycles. The van der Waals surface area contributed by atoms with Crippen LogP contribution in [0.5, 0.6) is 0 Å². The van der Waals surface area contributed by atoms with Crippen molar-refractivity contribution >= 4 is 30.0 Å². The minimum Gasteiger partial charge on any atom is -0.389 e. The summed E-state index contributed by atoms with van der Waals surface area (Å²) in [4.78, 5) is 0. The second-order valence-electron chi connectivity index (χ2n) is 8.93. The number of rotatable bonds is 10. The first-order valence-corrected chi connectivity index (χ1v) is 15.0. The lowest BCUT2D eigenvalue weighted by molar-refractivity contribution is 0.0273. The van der Waals surface area contributed by atoms with Gasteiger partial charge in [-0.2, -0.15) is 5.26 Å². The Balaban J connectivity index is 2.09. The molecular formula is C26H34NO3PS2. The Morgan fingerprint density at radius 2 is 1.58 bits per heavy atom. The molecule has 0 radical (unpaired) electrons. The van der Waals surface area contributed by atoms with E-state index >= 15 is 0 Å². The van der Waals surface area contributed by atoms with E-state index in [0.29, 0.717) is 30.6 Å². The fourth-order valence-corrected chi connectivity index (χ4v) is 10.0. The van der Waals surface area contributed by atoms with E-state index in [1.165, 1.54) is 0 Å². The number of aliphatic hydroxyl groups is 1. The quantitative estimate of drug-likeness (QED) is 0.214. The standard InChI is InChI=1S/C26H34NO3PS2/c1-19(2)24(20(3)4)31(29-17-11-16-27)30-25-23(28)18-32-33-26(25,21-12-7-5-8-13-21)22-14-9-6-10-15-22/h5-10,12-15,19-20,23-25,28H,11,17-18H2,1-4H3. The van der Waals surface area contributed by atoms with Crippen LogP contribution < -0.4 is 0 Å². The van der Waals surface area contributed by atoms with Gasteiger partial charge in [0.15, 0.2) is 8.38 Å². The number of aliphatic hydroxyl groups excluding tert-OH is 1. The Hall–Kier alpha value is -1.06. The van der Waals surface area contributed by atoms with Crippen LogP contribution in [-0.4, -0.2) is 35.3 Å².